The fourth-order valence-corrected chi connectivity index (χ4v) is 6.03. The van der Waals surface area contributed by atoms with Crippen molar-refractivity contribution >= 4 is 54.2 Å². The highest BCUT2D eigenvalue weighted by atomic mass is 35.5. The van der Waals surface area contributed by atoms with Crippen molar-refractivity contribution in [3.05, 3.63) is 53.1 Å². The van der Waals surface area contributed by atoms with Gasteiger partial charge in [0.15, 0.2) is 5.13 Å². The Morgan fingerprint density at radius 1 is 1.17 bits per heavy atom. The summed E-state index contributed by atoms with van der Waals surface area (Å²) in [5.74, 6) is -0.380. The van der Waals surface area contributed by atoms with Gasteiger partial charge in [0.25, 0.3) is 0 Å². The fraction of sp³-hybridized carbons (Fsp3) is 0.300. The summed E-state index contributed by atoms with van der Waals surface area (Å²) < 4.78 is 28.0. The van der Waals surface area contributed by atoms with E-state index >= 15 is 0 Å². The third-order valence-electron chi connectivity index (χ3n) is 5.08. The highest BCUT2D eigenvalue weighted by Gasteiger charge is 2.32. The second-order valence-corrected chi connectivity index (χ2v) is 10.5. The minimum Gasteiger partial charge on any atom is -0.302 e. The first-order valence-corrected chi connectivity index (χ1v) is 11.9. The van der Waals surface area contributed by atoms with Gasteiger partial charge in [-0.15, -0.1) is 0 Å². The second kappa shape index (κ2) is 8.02. The molecule has 0 bridgehead atoms. The van der Waals surface area contributed by atoms with E-state index in [1.807, 2.05) is 19.1 Å². The number of hydrogen-bond donors (Lipinski definition) is 1. The van der Waals surface area contributed by atoms with Crippen LogP contribution in [0.15, 0.2) is 47.4 Å². The number of aryl methyl sites for hydroxylation is 1. The van der Waals surface area contributed by atoms with Crippen molar-refractivity contribution in [2.75, 3.05) is 18.4 Å². The maximum absolute atomic E-state index is 12.8. The van der Waals surface area contributed by atoms with Crippen LogP contribution in [-0.4, -0.2) is 36.7 Å². The van der Waals surface area contributed by atoms with Crippen molar-refractivity contribution in [1.29, 1.82) is 0 Å². The zero-order valence-corrected chi connectivity index (χ0v) is 18.1. The summed E-state index contributed by atoms with van der Waals surface area (Å²) in [6, 6.07) is 12.3. The Kier molecular flexibility index (Phi) is 5.61. The van der Waals surface area contributed by atoms with E-state index in [-0.39, 0.29) is 16.7 Å². The van der Waals surface area contributed by atoms with Crippen molar-refractivity contribution in [3.8, 4) is 0 Å². The quantitative estimate of drug-likeness (QED) is 0.644. The number of benzene rings is 2. The zero-order chi connectivity index (χ0) is 20.6. The minimum absolute atomic E-state index is 0.132. The fourth-order valence-electron chi connectivity index (χ4n) is 3.39. The van der Waals surface area contributed by atoms with Crippen molar-refractivity contribution in [3.63, 3.8) is 0 Å². The van der Waals surface area contributed by atoms with E-state index in [1.165, 1.54) is 15.6 Å². The average molecular weight is 450 g/mol. The van der Waals surface area contributed by atoms with Crippen LogP contribution in [0.5, 0.6) is 0 Å². The van der Waals surface area contributed by atoms with Crippen LogP contribution < -0.4 is 5.32 Å². The molecule has 152 valence electrons. The predicted octanol–water partition coefficient (Wildman–Crippen LogP) is 4.30. The lowest BCUT2D eigenvalue weighted by Gasteiger charge is -2.30. The van der Waals surface area contributed by atoms with Crippen LogP contribution in [0, 0.1) is 12.8 Å². The summed E-state index contributed by atoms with van der Waals surface area (Å²) in [4.78, 5) is 17.3. The smallest absolute Gasteiger partial charge is 0.243 e. The summed E-state index contributed by atoms with van der Waals surface area (Å²) in [6.45, 7) is 2.56. The molecule has 2 aromatic carbocycles. The Bertz CT molecular complexity index is 1150. The van der Waals surface area contributed by atoms with E-state index in [1.54, 1.807) is 30.3 Å². The van der Waals surface area contributed by atoms with Crippen LogP contribution in [0.3, 0.4) is 0 Å². The normalized spacial score (nSPS) is 16.2. The van der Waals surface area contributed by atoms with Gasteiger partial charge in [0.2, 0.25) is 15.9 Å². The van der Waals surface area contributed by atoms with Gasteiger partial charge in [-0.1, -0.05) is 46.7 Å². The van der Waals surface area contributed by atoms with Gasteiger partial charge in [0, 0.05) is 19.0 Å². The number of carbonyl (C=O) groups is 1. The first-order valence-electron chi connectivity index (χ1n) is 9.27. The van der Waals surface area contributed by atoms with Gasteiger partial charge < -0.3 is 5.32 Å². The molecule has 0 unspecified atom stereocenters. The van der Waals surface area contributed by atoms with E-state index < -0.39 is 10.0 Å². The molecule has 1 saturated heterocycles. The molecule has 1 aromatic heterocycles. The molecule has 4 rings (SSSR count). The third-order valence-corrected chi connectivity index (χ3v) is 8.24. The summed E-state index contributed by atoms with van der Waals surface area (Å²) in [5.41, 5.74) is 1.68. The molecule has 1 fully saturated rings. The number of aromatic nitrogens is 1. The number of carbonyl (C=O) groups excluding carboxylic acids is 1. The van der Waals surface area contributed by atoms with Crippen LogP contribution in [0.2, 0.25) is 5.02 Å². The first kappa shape index (κ1) is 20.3. The minimum atomic E-state index is -3.53. The number of piperidine rings is 1. The summed E-state index contributed by atoms with van der Waals surface area (Å²) in [6.07, 6.45) is 0.950. The number of anilines is 1. The molecule has 0 radical (unpaired) electrons. The van der Waals surface area contributed by atoms with Gasteiger partial charge in [-0.05, 0) is 44.0 Å². The molecule has 2 heterocycles. The highest BCUT2D eigenvalue weighted by molar-refractivity contribution is 7.89. The number of thiazole rings is 1. The van der Waals surface area contributed by atoms with Crippen LogP contribution in [0.4, 0.5) is 5.13 Å². The number of nitrogens with one attached hydrogen (secondary N) is 1. The molecule has 1 amide bonds. The molecule has 1 aliphatic heterocycles. The number of fused-ring (bicyclic) bond motifs is 1. The number of rotatable bonds is 4. The third kappa shape index (κ3) is 4.16. The molecule has 3 aromatic rings. The Labute approximate surface area is 178 Å². The Morgan fingerprint density at radius 2 is 1.86 bits per heavy atom. The van der Waals surface area contributed by atoms with Gasteiger partial charge >= 0.3 is 0 Å². The Balaban J connectivity index is 1.40. The Morgan fingerprint density at radius 3 is 2.52 bits per heavy atom. The second-order valence-electron chi connectivity index (χ2n) is 7.09. The monoisotopic (exact) mass is 449 g/mol. The van der Waals surface area contributed by atoms with E-state index in [9.17, 15) is 13.2 Å². The van der Waals surface area contributed by atoms with Gasteiger partial charge in [0.1, 0.15) is 5.52 Å². The predicted molar refractivity (Wildman–Crippen MR) is 116 cm³/mol. The van der Waals surface area contributed by atoms with E-state index in [0.717, 1.165) is 10.3 Å². The zero-order valence-electron chi connectivity index (χ0n) is 15.8. The molecule has 0 saturated carbocycles. The standard InChI is InChI=1S/C20H20ClN3O3S2/c1-13-5-7-15(8-6-13)29(26,27)24-11-9-14(10-12-24)19(25)23-20-22-18-16(21)3-2-4-17(18)28-20/h2-8,14H,9-12H2,1H3,(H,22,23,25). The van der Waals surface area contributed by atoms with E-state index in [0.29, 0.717) is 41.6 Å². The molecular weight excluding hydrogens is 430 g/mol. The van der Waals surface area contributed by atoms with Crippen molar-refractivity contribution in [2.45, 2.75) is 24.7 Å². The lowest BCUT2D eigenvalue weighted by Crippen LogP contribution is -2.41. The van der Waals surface area contributed by atoms with Crippen molar-refractivity contribution in [2.24, 2.45) is 5.92 Å². The van der Waals surface area contributed by atoms with Crippen molar-refractivity contribution < 1.29 is 13.2 Å². The lowest BCUT2D eigenvalue weighted by molar-refractivity contribution is -0.120. The molecule has 1 aliphatic rings. The Hall–Kier alpha value is -2.00. The summed E-state index contributed by atoms with van der Waals surface area (Å²) in [5, 5.41) is 3.92. The van der Waals surface area contributed by atoms with Crippen LogP contribution in [0.25, 0.3) is 10.2 Å². The van der Waals surface area contributed by atoms with Gasteiger partial charge in [-0.2, -0.15) is 4.31 Å². The van der Waals surface area contributed by atoms with Crippen LogP contribution >= 0.6 is 22.9 Å². The number of halogens is 1. The number of nitrogens with zero attached hydrogens (tertiary/aromatic N) is 2. The SMILES string of the molecule is Cc1ccc(S(=O)(=O)N2CCC(C(=O)Nc3nc4c(Cl)cccc4s3)CC2)cc1. The highest BCUT2D eigenvalue weighted by Crippen LogP contribution is 2.31. The lowest BCUT2D eigenvalue weighted by atomic mass is 9.97. The van der Waals surface area contributed by atoms with Gasteiger partial charge in [-0.3, -0.25) is 4.79 Å². The molecule has 0 atom stereocenters. The van der Waals surface area contributed by atoms with Crippen LogP contribution in [-0.2, 0) is 14.8 Å². The maximum atomic E-state index is 12.8. The maximum Gasteiger partial charge on any atom is 0.243 e. The number of sulfonamides is 1. The number of para-hydroxylation sites is 1. The molecule has 1 N–H and O–H groups in total. The molecule has 0 spiro atoms. The van der Waals surface area contributed by atoms with Gasteiger partial charge in [0.05, 0.1) is 14.6 Å². The largest absolute Gasteiger partial charge is 0.302 e. The van der Waals surface area contributed by atoms with Crippen LogP contribution in [0.1, 0.15) is 18.4 Å². The molecule has 0 aliphatic carbocycles. The molecule has 6 nitrogen and oxygen atoms in total. The number of amides is 1. The van der Waals surface area contributed by atoms with E-state index in [2.05, 4.69) is 10.3 Å². The number of hydrogen-bond acceptors (Lipinski definition) is 5. The molecule has 9 heteroatoms. The first-order chi connectivity index (χ1) is 13.8. The molecular formula is C20H20ClN3O3S2. The van der Waals surface area contributed by atoms with E-state index in [4.69, 9.17) is 11.6 Å². The summed E-state index contributed by atoms with van der Waals surface area (Å²) >= 11 is 7.52. The van der Waals surface area contributed by atoms with Crippen molar-refractivity contribution in [1.82, 2.24) is 9.29 Å². The topological polar surface area (TPSA) is 79.4 Å². The molecule has 29 heavy (non-hydrogen) atoms. The van der Waals surface area contributed by atoms with Gasteiger partial charge in [-0.25, -0.2) is 13.4 Å². The average Bonchev–Trinajstić information content (AvgIpc) is 3.12. The summed E-state index contributed by atoms with van der Waals surface area (Å²) in [7, 11) is -3.53.